The Morgan fingerprint density at radius 3 is 2.67 bits per heavy atom. The van der Waals surface area contributed by atoms with Crippen molar-refractivity contribution in [3.05, 3.63) is 76.8 Å². The fourth-order valence-electron chi connectivity index (χ4n) is 4.25. The largest absolute Gasteiger partial charge is 0.457 e. The monoisotopic (exact) mass is 504 g/mol. The summed E-state index contributed by atoms with van der Waals surface area (Å²) in [6.45, 7) is 5.03. The number of nitrogens with one attached hydrogen (secondary N) is 3. The van der Waals surface area contributed by atoms with Crippen LogP contribution in [0.15, 0.2) is 60.7 Å². The molecule has 0 spiro atoms. The normalized spacial score (nSPS) is 14.6. The summed E-state index contributed by atoms with van der Waals surface area (Å²) in [4.78, 5) is 24.6. The molecule has 0 bridgehead atoms. The van der Waals surface area contributed by atoms with E-state index in [9.17, 15) is 4.79 Å². The van der Waals surface area contributed by atoms with Crippen molar-refractivity contribution in [2.45, 2.75) is 6.54 Å². The van der Waals surface area contributed by atoms with Crippen LogP contribution in [0.2, 0.25) is 5.02 Å². The van der Waals surface area contributed by atoms with Gasteiger partial charge in [0.2, 0.25) is 5.95 Å². The third kappa shape index (κ3) is 5.62. The van der Waals surface area contributed by atoms with Gasteiger partial charge in [0.25, 0.3) is 5.91 Å². The van der Waals surface area contributed by atoms with Gasteiger partial charge in [-0.1, -0.05) is 17.7 Å². The van der Waals surface area contributed by atoms with E-state index in [1.165, 1.54) is 0 Å². The first-order valence-electron chi connectivity index (χ1n) is 11.9. The van der Waals surface area contributed by atoms with Gasteiger partial charge >= 0.3 is 0 Å². The Balaban J connectivity index is 1.29. The smallest absolute Gasteiger partial charge is 0.251 e. The van der Waals surface area contributed by atoms with Crippen LogP contribution in [0.5, 0.6) is 11.5 Å². The van der Waals surface area contributed by atoms with Crippen molar-refractivity contribution in [2.75, 3.05) is 45.6 Å². The first kappa shape index (κ1) is 24.1. The van der Waals surface area contributed by atoms with E-state index in [4.69, 9.17) is 16.3 Å². The number of likely N-dealkylation sites (N-methyl/N-ethyl adjacent to an activating group) is 1. The Hall–Kier alpha value is -3.59. The number of benzene rings is 3. The molecule has 0 atom stereocenters. The van der Waals surface area contributed by atoms with Crippen molar-refractivity contribution in [3.8, 4) is 11.5 Å². The Bertz CT molecular complexity index is 1380. The molecule has 0 unspecified atom stereocenters. The summed E-state index contributed by atoms with van der Waals surface area (Å²) in [5.41, 5.74) is 4.21. The van der Waals surface area contributed by atoms with Gasteiger partial charge in [0.1, 0.15) is 11.5 Å². The number of aromatic nitrogens is 2. The summed E-state index contributed by atoms with van der Waals surface area (Å²) in [6, 6.07) is 18.7. The number of fused-ring (bicyclic) bond motifs is 1. The van der Waals surface area contributed by atoms with Crippen LogP contribution in [0.3, 0.4) is 0 Å². The van der Waals surface area contributed by atoms with Crippen LogP contribution in [0.1, 0.15) is 15.9 Å². The zero-order chi connectivity index (χ0) is 25.1. The molecule has 1 fully saturated rings. The van der Waals surface area contributed by atoms with E-state index in [1.807, 2.05) is 36.4 Å². The number of piperazine rings is 1. The van der Waals surface area contributed by atoms with Crippen molar-refractivity contribution in [1.82, 2.24) is 25.1 Å². The predicted molar refractivity (Wildman–Crippen MR) is 144 cm³/mol. The second-order valence-electron chi connectivity index (χ2n) is 8.98. The Morgan fingerprint density at radius 2 is 1.86 bits per heavy atom. The molecule has 0 saturated carbocycles. The van der Waals surface area contributed by atoms with Crippen molar-refractivity contribution in [3.63, 3.8) is 0 Å². The summed E-state index contributed by atoms with van der Waals surface area (Å²) >= 11 is 6.51. The highest BCUT2D eigenvalue weighted by molar-refractivity contribution is 6.31. The van der Waals surface area contributed by atoms with E-state index < -0.39 is 0 Å². The van der Waals surface area contributed by atoms with Gasteiger partial charge in [0, 0.05) is 62.1 Å². The molecule has 1 amide bonds. The number of imidazole rings is 1. The van der Waals surface area contributed by atoms with E-state index in [1.54, 1.807) is 25.2 Å². The predicted octanol–water partition coefficient (Wildman–Crippen LogP) is 4.86. The average Bonchev–Trinajstić information content (AvgIpc) is 3.28. The van der Waals surface area contributed by atoms with Crippen molar-refractivity contribution in [2.24, 2.45) is 0 Å². The summed E-state index contributed by atoms with van der Waals surface area (Å²) in [6.07, 6.45) is 0. The Kier molecular flexibility index (Phi) is 7.09. The quantitative estimate of drug-likeness (QED) is 0.333. The molecule has 2 heterocycles. The van der Waals surface area contributed by atoms with Crippen molar-refractivity contribution in [1.29, 1.82) is 0 Å². The Labute approximate surface area is 215 Å². The van der Waals surface area contributed by atoms with E-state index in [0.29, 0.717) is 23.0 Å². The molecule has 4 aromatic rings. The second-order valence-corrected chi connectivity index (χ2v) is 9.39. The molecule has 5 rings (SSSR count). The first-order chi connectivity index (χ1) is 17.5. The minimum absolute atomic E-state index is 0.158. The minimum atomic E-state index is -0.158. The molecular weight excluding hydrogens is 476 g/mol. The summed E-state index contributed by atoms with van der Waals surface area (Å²) in [5, 5.41) is 6.75. The number of amides is 1. The lowest BCUT2D eigenvalue weighted by Gasteiger charge is -2.32. The topological polar surface area (TPSA) is 85.5 Å². The fraction of sp³-hybridized carbons (Fsp3) is 0.259. The fourth-order valence-corrected chi connectivity index (χ4v) is 4.43. The highest BCUT2D eigenvalue weighted by Gasteiger charge is 2.16. The molecule has 186 valence electrons. The van der Waals surface area contributed by atoms with Gasteiger partial charge in [-0.15, -0.1) is 0 Å². The number of anilines is 2. The molecule has 1 aromatic heterocycles. The number of hydrogen-bond acceptors (Lipinski definition) is 6. The molecule has 3 aromatic carbocycles. The van der Waals surface area contributed by atoms with Gasteiger partial charge in [-0.3, -0.25) is 9.69 Å². The average molecular weight is 505 g/mol. The van der Waals surface area contributed by atoms with E-state index in [2.05, 4.69) is 43.5 Å². The molecule has 36 heavy (non-hydrogen) atoms. The van der Waals surface area contributed by atoms with Gasteiger partial charge in [-0.25, -0.2) is 4.98 Å². The molecule has 1 saturated heterocycles. The first-order valence-corrected chi connectivity index (χ1v) is 12.3. The lowest BCUT2D eigenvalue weighted by molar-refractivity contribution is 0.0963. The molecule has 3 N–H and O–H groups in total. The number of carbonyl (C=O) groups excluding carboxylic acids is 1. The maximum absolute atomic E-state index is 11.9. The van der Waals surface area contributed by atoms with Crippen LogP contribution >= 0.6 is 11.6 Å². The van der Waals surface area contributed by atoms with Crippen molar-refractivity contribution >= 4 is 40.2 Å². The highest BCUT2D eigenvalue weighted by atomic mass is 35.5. The van der Waals surface area contributed by atoms with E-state index in [0.717, 1.165) is 60.0 Å². The van der Waals surface area contributed by atoms with Gasteiger partial charge < -0.3 is 25.3 Å². The van der Waals surface area contributed by atoms with Crippen LogP contribution in [0, 0.1) is 0 Å². The van der Waals surface area contributed by atoms with Gasteiger partial charge in [-0.05, 0) is 61.1 Å². The third-order valence-electron chi connectivity index (χ3n) is 6.31. The lowest BCUT2D eigenvalue weighted by Crippen LogP contribution is -2.43. The van der Waals surface area contributed by atoms with Crippen molar-refractivity contribution < 1.29 is 9.53 Å². The highest BCUT2D eigenvalue weighted by Crippen LogP contribution is 2.28. The van der Waals surface area contributed by atoms with Crippen LogP contribution in [0.25, 0.3) is 11.0 Å². The zero-order valence-electron chi connectivity index (χ0n) is 20.3. The molecule has 0 radical (unpaired) electrons. The Morgan fingerprint density at radius 1 is 1.06 bits per heavy atom. The second kappa shape index (κ2) is 10.6. The number of rotatable bonds is 7. The third-order valence-corrected chi connectivity index (χ3v) is 6.68. The number of hydrogen-bond donors (Lipinski definition) is 3. The SMILES string of the molecule is CNC(=O)c1cccc(Oc2ccc3nc(Nc4ccc(Cl)c(CN5CCN(C)CC5)c4)[nH]c3c2)c1. The van der Waals surface area contributed by atoms with Gasteiger partial charge in [0.15, 0.2) is 0 Å². The molecule has 9 heteroatoms. The summed E-state index contributed by atoms with van der Waals surface area (Å²) in [7, 11) is 3.76. The van der Waals surface area contributed by atoms with Crippen LogP contribution in [0.4, 0.5) is 11.6 Å². The molecule has 1 aliphatic rings. The zero-order valence-corrected chi connectivity index (χ0v) is 21.1. The van der Waals surface area contributed by atoms with E-state index in [-0.39, 0.29) is 5.91 Å². The van der Waals surface area contributed by atoms with E-state index >= 15 is 0 Å². The summed E-state index contributed by atoms with van der Waals surface area (Å²) in [5.74, 6) is 1.71. The molecule has 8 nitrogen and oxygen atoms in total. The number of carbonyl (C=O) groups is 1. The number of halogens is 1. The molecule has 1 aliphatic heterocycles. The summed E-state index contributed by atoms with van der Waals surface area (Å²) < 4.78 is 5.99. The number of ether oxygens (including phenoxy) is 1. The minimum Gasteiger partial charge on any atom is -0.457 e. The molecule has 0 aliphatic carbocycles. The van der Waals surface area contributed by atoms with Crippen LogP contribution in [-0.2, 0) is 6.54 Å². The number of aromatic amines is 1. The standard InChI is InChI=1S/C27H29ClN6O2/c1-29-26(35)18-4-3-5-21(15-18)36-22-7-9-24-25(16-22)32-27(31-24)30-20-6-8-23(28)19(14-20)17-34-12-10-33(2)11-13-34/h3-9,14-16H,10-13,17H2,1-2H3,(H,29,35)(H2,30,31,32). The number of nitrogens with zero attached hydrogens (tertiary/aromatic N) is 3. The van der Waals surface area contributed by atoms with Gasteiger partial charge in [-0.2, -0.15) is 0 Å². The molecular formula is C27H29ClN6O2. The van der Waals surface area contributed by atoms with Crippen LogP contribution < -0.4 is 15.4 Å². The number of H-pyrrole nitrogens is 1. The lowest BCUT2D eigenvalue weighted by atomic mass is 10.1. The maximum atomic E-state index is 11.9. The van der Waals surface area contributed by atoms with Crippen LogP contribution in [-0.4, -0.2) is 65.9 Å². The van der Waals surface area contributed by atoms with Gasteiger partial charge in [0.05, 0.1) is 11.0 Å². The maximum Gasteiger partial charge on any atom is 0.251 e.